The highest BCUT2D eigenvalue weighted by Gasteiger charge is 2.19. The van der Waals surface area contributed by atoms with Crippen LogP contribution in [-0.4, -0.2) is 5.78 Å². The number of rotatable bonds is 16. The van der Waals surface area contributed by atoms with Gasteiger partial charge in [-0.1, -0.05) is 110 Å². The lowest BCUT2D eigenvalue weighted by Gasteiger charge is -2.20. The van der Waals surface area contributed by atoms with E-state index in [-0.39, 0.29) is 0 Å². The van der Waals surface area contributed by atoms with E-state index in [0.717, 1.165) is 12.8 Å². The molecule has 0 amide bonds. The third-order valence-corrected chi connectivity index (χ3v) is 5.84. The van der Waals surface area contributed by atoms with Crippen molar-refractivity contribution in [3.8, 4) is 0 Å². The average molecular weight is 337 g/mol. The summed E-state index contributed by atoms with van der Waals surface area (Å²) in [5.41, 5.74) is 0. The topological polar surface area (TPSA) is 17.1 Å². The molecule has 1 nitrogen and oxygen atoms in total. The van der Waals surface area contributed by atoms with Gasteiger partial charge in [0.05, 0.1) is 0 Å². The molecule has 1 heteroatoms. The maximum Gasteiger partial charge on any atom is 0.135 e. The summed E-state index contributed by atoms with van der Waals surface area (Å²) in [5.74, 6) is 1.01. The zero-order valence-corrected chi connectivity index (χ0v) is 16.6. The van der Waals surface area contributed by atoms with Crippen molar-refractivity contribution in [3.05, 3.63) is 0 Å². The molecule has 0 aromatic carbocycles. The molecule has 1 aliphatic carbocycles. The predicted molar refractivity (Wildman–Crippen MR) is 107 cm³/mol. The Labute approximate surface area is 152 Å². The molecule has 1 rings (SSSR count). The van der Waals surface area contributed by atoms with E-state index in [1.54, 1.807) is 0 Å². The van der Waals surface area contributed by atoms with Crippen molar-refractivity contribution in [1.29, 1.82) is 0 Å². The van der Waals surface area contributed by atoms with Gasteiger partial charge in [0.1, 0.15) is 5.78 Å². The number of Topliss-reactive ketones (excluding diaryl/α,β-unsaturated/α-hetero) is 1. The van der Waals surface area contributed by atoms with Crippen molar-refractivity contribution >= 4 is 5.78 Å². The molecule has 1 saturated carbocycles. The van der Waals surface area contributed by atoms with Gasteiger partial charge in [0.15, 0.2) is 0 Å². The lowest BCUT2D eigenvalue weighted by Crippen LogP contribution is -2.17. The highest BCUT2D eigenvalue weighted by atomic mass is 16.1. The second-order valence-electron chi connectivity index (χ2n) is 8.15. The summed E-state index contributed by atoms with van der Waals surface area (Å²) in [6, 6.07) is 0. The Morgan fingerprint density at radius 1 is 0.625 bits per heavy atom. The first kappa shape index (κ1) is 21.7. The van der Waals surface area contributed by atoms with Gasteiger partial charge in [0.25, 0.3) is 0 Å². The minimum absolute atomic E-state index is 0.431. The first-order valence-electron chi connectivity index (χ1n) is 11.4. The maximum atomic E-state index is 12.1. The van der Waals surface area contributed by atoms with Crippen molar-refractivity contribution in [2.75, 3.05) is 0 Å². The third-order valence-electron chi connectivity index (χ3n) is 5.84. The average Bonchev–Trinajstić information content (AvgIpc) is 2.62. The molecular weight excluding hydrogens is 292 g/mol. The zero-order valence-electron chi connectivity index (χ0n) is 16.6. The highest BCUT2D eigenvalue weighted by molar-refractivity contribution is 5.80. The Morgan fingerprint density at radius 3 is 1.50 bits per heavy atom. The van der Waals surface area contributed by atoms with E-state index in [9.17, 15) is 4.79 Å². The van der Waals surface area contributed by atoms with Gasteiger partial charge in [-0.15, -0.1) is 0 Å². The van der Waals surface area contributed by atoms with E-state index in [1.807, 2.05) is 0 Å². The van der Waals surface area contributed by atoms with E-state index in [4.69, 9.17) is 0 Å². The Hall–Kier alpha value is -0.330. The molecule has 0 radical (unpaired) electrons. The molecule has 0 aliphatic heterocycles. The lowest BCUT2D eigenvalue weighted by molar-refractivity contribution is -0.123. The van der Waals surface area contributed by atoms with Crippen LogP contribution in [0.2, 0.25) is 0 Å². The van der Waals surface area contributed by atoms with Crippen LogP contribution in [-0.2, 0) is 4.79 Å². The summed E-state index contributed by atoms with van der Waals surface area (Å²) in [5, 5.41) is 0. The molecule has 0 spiro atoms. The largest absolute Gasteiger partial charge is 0.299 e. The number of hydrogen-bond acceptors (Lipinski definition) is 1. The van der Waals surface area contributed by atoms with Crippen molar-refractivity contribution in [1.82, 2.24) is 0 Å². The fraction of sp³-hybridized carbons (Fsp3) is 0.957. The van der Waals surface area contributed by atoms with Crippen molar-refractivity contribution < 1.29 is 4.79 Å². The molecule has 0 unspecified atom stereocenters. The fourth-order valence-electron chi connectivity index (χ4n) is 4.12. The summed E-state index contributed by atoms with van der Waals surface area (Å²) in [6.45, 7) is 2.29. The molecule has 0 heterocycles. The number of ketones is 1. The second-order valence-corrected chi connectivity index (χ2v) is 8.15. The quantitative estimate of drug-likeness (QED) is 0.261. The van der Waals surface area contributed by atoms with Crippen LogP contribution in [0.3, 0.4) is 0 Å². The number of unbranched alkanes of at least 4 members (excludes halogenated alkanes) is 13. The van der Waals surface area contributed by atoms with Crippen LogP contribution in [0.25, 0.3) is 0 Å². The molecule has 24 heavy (non-hydrogen) atoms. The van der Waals surface area contributed by atoms with E-state index in [0.29, 0.717) is 11.7 Å². The van der Waals surface area contributed by atoms with Crippen LogP contribution in [0.5, 0.6) is 0 Å². The molecule has 0 atom stereocenters. The first-order chi connectivity index (χ1) is 11.8. The van der Waals surface area contributed by atoms with Crippen LogP contribution >= 0.6 is 0 Å². The molecule has 0 aromatic rings. The van der Waals surface area contributed by atoms with Crippen LogP contribution in [0.1, 0.15) is 135 Å². The van der Waals surface area contributed by atoms with Gasteiger partial charge in [-0.05, 0) is 19.3 Å². The minimum atomic E-state index is 0.431. The normalized spacial score (nSPS) is 15.7. The molecule has 1 aliphatic rings. The van der Waals surface area contributed by atoms with E-state index in [2.05, 4.69) is 6.92 Å². The lowest BCUT2D eigenvalue weighted by atomic mass is 9.84. The van der Waals surface area contributed by atoms with E-state index >= 15 is 0 Å². The summed E-state index contributed by atoms with van der Waals surface area (Å²) < 4.78 is 0. The fourth-order valence-corrected chi connectivity index (χ4v) is 4.12. The third kappa shape index (κ3) is 12.1. The summed E-state index contributed by atoms with van der Waals surface area (Å²) in [7, 11) is 0. The Balaban J connectivity index is 1.75. The Kier molecular flexibility index (Phi) is 14.6. The Morgan fingerprint density at radius 2 is 1.04 bits per heavy atom. The monoisotopic (exact) mass is 336 g/mol. The molecule has 0 bridgehead atoms. The van der Waals surface area contributed by atoms with Gasteiger partial charge < -0.3 is 0 Å². The summed E-state index contributed by atoms with van der Waals surface area (Å²) >= 11 is 0. The maximum absolute atomic E-state index is 12.1. The van der Waals surface area contributed by atoms with Gasteiger partial charge in [-0.2, -0.15) is 0 Å². The van der Waals surface area contributed by atoms with Crippen molar-refractivity contribution in [2.24, 2.45) is 5.92 Å². The number of carbonyl (C=O) groups is 1. The standard InChI is InChI=1S/C23H44O/c1-2-3-4-5-6-7-8-9-10-11-12-13-14-18-21-23(24)22-19-16-15-17-20-22/h22H,2-21H2,1H3. The smallest absolute Gasteiger partial charge is 0.135 e. The van der Waals surface area contributed by atoms with Crippen LogP contribution < -0.4 is 0 Å². The second kappa shape index (κ2) is 16.2. The van der Waals surface area contributed by atoms with Crippen LogP contribution in [0.4, 0.5) is 0 Å². The molecule has 0 saturated heterocycles. The van der Waals surface area contributed by atoms with Gasteiger partial charge in [0, 0.05) is 12.3 Å². The van der Waals surface area contributed by atoms with Crippen LogP contribution in [0.15, 0.2) is 0 Å². The first-order valence-corrected chi connectivity index (χ1v) is 11.4. The summed E-state index contributed by atoms with van der Waals surface area (Å²) in [6.07, 6.45) is 26.6. The molecule has 0 N–H and O–H groups in total. The summed E-state index contributed by atoms with van der Waals surface area (Å²) in [4.78, 5) is 12.1. The number of hydrogen-bond donors (Lipinski definition) is 0. The Bertz CT molecular complexity index is 278. The molecule has 1 fully saturated rings. The highest BCUT2D eigenvalue weighted by Crippen LogP contribution is 2.26. The number of carbonyl (C=O) groups excluding carboxylic acids is 1. The van der Waals surface area contributed by atoms with Gasteiger partial charge in [-0.3, -0.25) is 4.79 Å². The molecule has 142 valence electrons. The van der Waals surface area contributed by atoms with Gasteiger partial charge in [-0.25, -0.2) is 0 Å². The molecular formula is C23H44O. The van der Waals surface area contributed by atoms with Gasteiger partial charge >= 0.3 is 0 Å². The van der Waals surface area contributed by atoms with E-state index < -0.39 is 0 Å². The van der Waals surface area contributed by atoms with Gasteiger partial charge in [0.2, 0.25) is 0 Å². The van der Waals surface area contributed by atoms with E-state index in [1.165, 1.54) is 116 Å². The zero-order chi connectivity index (χ0) is 17.3. The van der Waals surface area contributed by atoms with Crippen LogP contribution in [0, 0.1) is 5.92 Å². The predicted octanol–water partition coefficient (Wildman–Crippen LogP) is 8.01. The minimum Gasteiger partial charge on any atom is -0.299 e. The van der Waals surface area contributed by atoms with Crippen molar-refractivity contribution in [3.63, 3.8) is 0 Å². The SMILES string of the molecule is CCCCCCCCCCCCCCCCC(=O)C1CCCCC1. The molecule has 0 aromatic heterocycles. The van der Waals surface area contributed by atoms with Crippen molar-refractivity contribution in [2.45, 2.75) is 135 Å².